The van der Waals surface area contributed by atoms with Crippen molar-refractivity contribution < 1.29 is 4.79 Å². The van der Waals surface area contributed by atoms with E-state index >= 15 is 0 Å². The zero-order valence-electron chi connectivity index (χ0n) is 10.9. The monoisotopic (exact) mass is 237 g/mol. The van der Waals surface area contributed by atoms with E-state index < -0.39 is 0 Å². The Hall–Kier alpha value is -1.29. The predicted molar refractivity (Wildman–Crippen MR) is 69.3 cm³/mol. The van der Waals surface area contributed by atoms with Crippen molar-refractivity contribution in [2.24, 2.45) is 24.6 Å². The average Bonchev–Trinajstić information content (AvgIpc) is 2.68. The molecular weight excluding hydrogens is 214 g/mol. The first-order chi connectivity index (χ1) is 8.04. The number of aryl methyl sites for hydroxylation is 1. The molecule has 0 radical (unpaired) electrons. The summed E-state index contributed by atoms with van der Waals surface area (Å²) in [5.41, 5.74) is 6.73. The van der Waals surface area contributed by atoms with Crippen LogP contribution < -0.4 is 11.1 Å². The van der Waals surface area contributed by atoms with E-state index in [2.05, 4.69) is 19.2 Å². The predicted octanol–water partition coefficient (Wildman–Crippen LogP) is 1.26. The number of hydrogen-bond donors (Lipinski definition) is 2. The molecule has 0 aliphatic carbocycles. The van der Waals surface area contributed by atoms with Crippen LogP contribution in [0.2, 0.25) is 0 Å². The molecule has 96 valence electrons. The topological polar surface area (TPSA) is 60.1 Å². The molecular formula is C13H23N3O. The first-order valence-corrected chi connectivity index (χ1v) is 6.12. The van der Waals surface area contributed by atoms with Gasteiger partial charge in [0.15, 0.2) is 0 Å². The molecule has 4 nitrogen and oxygen atoms in total. The van der Waals surface area contributed by atoms with Gasteiger partial charge in [0.25, 0.3) is 0 Å². The fourth-order valence-corrected chi connectivity index (χ4v) is 1.88. The van der Waals surface area contributed by atoms with Gasteiger partial charge in [0.05, 0.1) is 12.5 Å². The average molecular weight is 237 g/mol. The highest BCUT2D eigenvalue weighted by atomic mass is 16.1. The molecule has 0 spiro atoms. The van der Waals surface area contributed by atoms with Gasteiger partial charge in [-0.25, -0.2) is 0 Å². The molecule has 0 saturated heterocycles. The second kappa shape index (κ2) is 6.45. The second-order valence-electron chi connectivity index (χ2n) is 4.89. The molecule has 0 bridgehead atoms. The molecule has 1 unspecified atom stereocenters. The Morgan fingerprint density at radius 1 is 1.53 bits per heavy atom. The Morgan fingerprint density at radius 2 is 2.24 bits per heavy atom. The van der Waals surface area contributed by atoms with Gasteiger partial charge >= 0.3 is 0 Å². The third kappa shape index (κ3) is 4.23. The maximum absolute atomic E-state index is 11.9. The van der Waals surface area contributed by atoms with Crippen LogP contribution in [0.25, 0.3) is 0 Å². The van der Waals surface area contributed by atoms with Gasteiger partial charge in [-0.2, -0.15) is 0 Å². The molecule has 0 aromatic carbocycles. The lowest BCUT2D eigenvalue weighted by Gasteiger charge is -2.16. The van der Waals surface area contributed by atoms with E-state index in [1.807, 2.05) is 29.9 Å². The number of hydrogen-bond acceptors (Lipinski definition) is 2. The first-order valence-electron chi connectivity index (χ1n) is 6.12. The minimum absolute atomic E-state index is 0.0578. The van der Waals surface area contributed by atoms with Crippen LogP contribution in [-0.2, 0) is 18.4 Å². The summed E-state index contributed by atoms with van der Waals surface area (Å²) in [6, 6.07) is 3.97. The van der Waals surface area contributed by atoms with E-state index in [9.17, 15) is 4.79 Å². The van der Waals surface area contributed by atoms with Crippen LogP contribution in [0.3, 0.4) is 0 Å². The van der Waals surface area contributed by atoms with E-state index in [4.69, 9.17) is 5.73 Å². The number of nitrogens with two attached hydrogens (primary N) is 1. The van der Waals surface area contributed by atoms with E-state index in [1.54, 1.807) is 0 Å². The Bertz CT molecular complexity index is 357. The summed E-state index contributed by atoms with van der Waals surface area (Å²) in [5, 5.41) is 2.94. The van der Waals surface area contributed by atoms with Gasteiger partial charge in [-0.1, -0.05) is 13.8 Å². The molecule has 0 aliphatic heterocycles. The fraction of sp³-hybridized carbons (Fsp3) is 0.615. The molecule has 0 aliphatic rings. The molecule has 1 aromatic heterocycles. The summed E-state index contributed by atoms with van der Waals surface area (Å²) >= 11 is 0. The molecule has 1 amide bonds. The summed E-state index contributed by atoms with van der Waals surface area (Å²) in [6.07, 6.45) is 2.81. The van der Waals surface area contributed by atoms with Gasteiger partial charge < -0.3 is 15.6 Å². The Morgan fingerprint density at radius 3 is 2.71 bits per heavy atom. The van der Waals surface area contributed by atoms with E-state index in [0.717, 1.165) is 12.1 Å². The zero-order valence-corrected chi connectivity index (χ0v) is 10.9. The second-order valence-corrected chi connectivity index (χ2v) is 4.89. The smallest absolute Gasteiger partial charge is 0.224 e. The van der Waals surface area contributed by atoms with Crippen LogP contribution in [0, 0.1) is 11.8 Å². The number of carbonyl (C=O) groups excluding carboxylic acids is 1. The van der Waals surface area contributed by atoms with Crippen LogP contribution in [0.15, 0.2) is 18.3 Å². The van der Waals surface area contributed by atoms with Crippen LogP contribution in [0.1, 0.15) is 26.0 Å². The Labute approximate surface area is 103 Å². The number of aromatic nitrogens is 1. The van der Waals surface area contributed by atoms with Crippen molar-refractivity contribution >= 4 is 5.91 Å². The Balaban J connectivity index is 2.45. The third-order valence-electron chi connectivity index (χ3n) is 2.91. The highest BCUT2D eigenvalue weighted by Crippen LogP contribution is 2.11. The van der Waals surface area contributed by atoms with Crippen molar-refractivity contribution in [3.05, 3.63) is 24.0 Å². The van der Waals surface area contributed by atoms with Crippen LogP contribution in [0.5, 0.6) is 0 Å². The van der Waals surface area contributed by atoms with Gasteiger partial charge in [0.1, 0.15) is 0 Å². The van der Waals surface area contributed by atoms with E-state index in [0.29, 0.717) is 19.0 Å². The fourth-order valence-electron chi connectivity index (χ4n) is 1.88. The zero-order chi connectivity index (χ0) is 12.8. The first kappa shape index (κ1) is 13.8. The summed E-state index contributed by atoms with van der Waals surface area (Å²) in [5.74, 6) is 0.474. The summed E-state index contributed by atoms with van der Waals surface area (Å²) in [4.78, 5) is 11.9. The maximum Gasteiger partial charge on any atom is 0.224 e. The van der Waals surface area contributed by atoms with Gasteiger partial charge in [0.2, 0.25) is 5.91 Å². The van der Waals surface area contributed by atoms with Crippen LogP contribution in [0.4, 0.5) is 0 Å². The maximum atomic E-state index is 11.9. The molecule has 1 atom stereocenters. The highest BCUT2D eigenvalue weighted by Gasteiger charge is 2.17. The molecule has 1 heterocycles. The van der Waals surface area contributed by atoms with Crippen molar-refractivity contribution in [3.63, 3.8) is 0 Å². The van der Waals surface area contributed by atoms with Crippen molar-refractivity contribution in [3.8, 4) is 0 Å². The summed E-state index contributed by atoms with van der Waals surface area (Å²) in [7, 11) is 1.97. The Kier molecular flexibility index (Phi) is 5.22. The highest BCUT2D eigenvalue weighted by molar-refractivity contribution is 5.78. The minimum Gasteiger partial charge on any atom is -0.353 e. The van der Waals surface area contributed by atoms with Gasteiger partial charge in [0, 0.05) is 25.5 Å². The molecule has 4 heteroatoms. The largest absolute Gasteiger partial charge is 0.353 e. The van der Waals surface area contributed by atoms with Gasteiger partial charge in [-0.05, 0) is 24.5 Å². The van der Waals surface area contributed by atoms with Gasteiger partial charge in [-0.15, -0.1) is 0 Å². The molecule has 0 fully saturated rings. The summed E-state index contributed by atoms with van der Waals surface area (Å²) in [6.45, 7) is 5.19. The molecule has 1 aromatic rings. The molecule has 1 rings (SSSR count). The lowest BCUT2D eigenvalue weighted by Crippen LogP contribution is -2.35. The number of nitrogens with one attached hydrogen (secondary N) is 1. The number of carbonyl (C=O) groups is 1. The SMILES string of the molecule is CC(C)CC(CN)C(=O)NCc1cccn1C. The van der Waals surface area contributed by atoms with E-state index in [1.165, 1.54) is 0 Å². The lowest BCUT2D eigenvalue weighted by molar-refractivity contribution is -0.125. The minimum atomic E-state index is -0.0738. The van der Waals surface area contributed by atoms with Gasteiger partial charge in [-0.3, -0.25) is 4.79 Å². The quantitative estimate of drug-likeness (QED) is 0.782. The number of amides is 1. The van der Waals surface area contributed by atoms with E-state index in [-0.39, 0.29) is 11.8 Å². The normalized spacial score (nSPS) is 12.8. The van der Waals surface area contributed by atoms with Crippen LogP contribution >= 0.6 is 0 Å². The summed E-state index contributed by atoms with van der Waals surface area (Å²) < 4.78 is 2.00. The molecule has 17 heavy (non-hydrogen) atoms. The molecule has 3 N–H and O–H groups in total. The standard InChI is InChI=1S/C13H23N3O/c1-10(2)7-11(8-14)13(17)15-9-12-5-4-6-16(12)3/h4-6,10-11H,7-9,14H2,1-3H3,(H,15,17). The lowest BCUT2D eigenvalue weighted by atomic mass is 9.96. The molecule has 0 saturated carbocycles. The van der Waals surface area contributed by atoms with Crippen molar-refractivity contribution in [2.45, 2.75) is 26.8 Å². The number of rotatable bonds is 6. The van der Waals surface area contributed by atoms with Crippen molar-refractivity contribution in [1.82, 2.24) is 9.88 Å². The third-order valence-corrected chi connectivity index (χ3v) is 2.91. The van der Waals surface area contributed by atoms with Crippen LogP contribution in [-0.4, -0.2) is 17.0 Å². The van der Waals surface area contributed by atoms with Crippen molar-refractivity contribution in [1.29, 1.82) is 0 Å². The van der Waals surface area contributed by atoms with Crippen molar-refractivity contribution in [2.75, 3.05) is 6.54 Å². The number of nitrogens with zero attached hydrogens (tertiary/aromatic N) is 1.